The molecule has 3 aromatic heterocycles. The second-order valence-electron chi connectivity index (χ2n) is 5.22. The van der Waals surface area contributed by atoms with Gasteiger partial charge in [0.2, 0.25) is 0 Å². The maximum absolute atomic E-state index is 2.32. The molecule has 3 rings (SSSR count). The summed E-state index contributed by atoms with van der Waals surface area (Å²) in [5, 5.41) is 4.37. The third-order valence-electron chi connectivity index (χ3n) is 3.61. The fourth-order valence-electron chi connectivity index (χ4n) is 2.49. The molecule has 0 unspecified atom stereocenters. The molecule has 0 aliphatic carbocycles. The zero-order chi connectivity index (χ0) is 14.5. The first kappa shape index (κ1) is 15.0. The normalized spacial score (nSPS) is 11.1. The van der Waals surface area contributed by atoms with E-state index in [1.165, 1.54) is 57.2 Å². The van der Waals surface area contributed by atoms with E-state index in [4.69, 9.17) is 0 Å². The van der Waals surface area contributed by atoms with Crippen molar-refractivity contribution in [1.29, 1.82) is 0 Å². The van der Waals surface area contributed by atoms with Crippen molar-refractivity contribution in [2.24, 2.45) is 0 Å². The fraction of sp³-hybridized carbons (Fsp3) is 0.333. The Bertz CT molecular complexity index is 658. The highest BCUT2D eigenvalue weighted by Crippen LogP contribution is 2.41. The monoisotopic (exact) mass is 332 g/mol. The molecule has 21 heavy (non-hydrogen) atoms. The lowest BCUT2D eigenvalue weighted by Gasteiger charge is -1.99. The molecule has 0 radical (unpaired) electrons. The van der Waals surface area contributed by atoms with Crippen LogP contribution in [0.4, 0.5) is 0 Å². The van der Waals surface area contributed by atoms with Crippen molar-refractivity contribution in [3.05, 3.63) is 46.0 Å². The summed E-state index contributed by atoms with van der Waals surface area (Å²) in [5.74, 6) is 0. The van der Waals surface area contributed by atoms with Crippen LogP contribution in [-0.4, -0.2) is 0 Å². The largest absolute Gasteiger partial charge is 0.144 e. The average molecular weight is 333 g/mol. The van der Waals surface area contributed by atoms with E-state index in [0.717, 1.165) is 0 Å². The molecule has 0 amide bonds. The summed E-state index contributed by atoms with van der Waals surface area (Å²) in [6.07, 6.45) is 6.62. The Balaban J connectivity index is 1.73. The molecule has 0 N–H and O–H groups in total. The molecule has 0 aliphatic rings. The molecule has 0 aromatic carbocycles. The molecule has 0 fully saturated rings. The predicted molar refractivity (Wildman–Crippen MR) is 98.8 cm³/mol. The maximum atomic E-state index is 2.32. The molecule has 3 heterocycles. The van der Waals surface area contributed by atoms with Gasteiger partial charge in [0.05, 0.1) is 4.88 Å². The quantitative estimate of drug-likeness (QED) is 0.397. The van der Waals surface area contributed by atoms with Gasteiger partial charge in [0.1, 0.15) is 0 Å². The summed E-state index contributed by atoms with van der Waals surface area (Å²) in [7, 11) is 0. The number of hydrogen-bond acceptors (Lipinski definition) is 3. The van der Waals surface area contributed by atoms with E-state index in [-0.39, 0.29) is 0 Å². The van der Waals surface area contributed by atoms with Gasteiger partial charge in [-0.1, -0.05) is 32.3 Å². The molecule has 0 aliphatic heterocycles. The third kappa shape index (κ3) is 3.65. The van der Waals surface area contributed by atoms with E-state index in [9.17, 15) is 0 Å². The summed E-state index contributed by atoms with van der Waals surface area (Å²) in [4.78, 5) is 5.77. The van der Waals surface area contributed by atoms with Gasteiger partial charge >= 0.3 is 0 Å². The van der Waals surface area contributed by atoms with Gasteiger partial charge < -0.3 is 0 Å². The number of hydrogen-bond donors (Lipinski definition) is 0. The van der Waals surface area contributed by atoms with Gasteiger partial charge in [-0.15, -0.1) is 34.0 Å². The molecule has 3 aromatic rings. The van der Waals surface area contributed by atoms with E-state index in [1.54, 1.807) is 0 Å². The van der Waals surface area contributed by atoms with Crippen LogP contribution in [0.1, 0.15) is 37.5 Å². The lowest BCUT2D eigenvalue weighted by atomic mass is 10.1. The van der Waals surface area contributed by atoms with Crippen LogP contribution in [0.2, 0.25) is 0 Å². The highest BCUT2D eigenvalue weighted by Gasteiger charge is 2.12. The number of thiophene rings is 3. The van der Waals surface area contributed by atoms with Crippen LogP contribution >= 0.6 is 34.0 Å². The van der Waals surface area contributed by atoms with Gasteiger partial charge in [0, 0.05) is 20.2 Å². The van der Waals surface area contributed by atoms with E-state index in [1.807, 2.05) is 34.0 Å². The van der Waals surface area contributed by atoms with Crippen molar-refractivity contribution < 1.29 is 0 Å². The van der Waals surface area contributed by atoms with Crippen LogP contribution in [0.5, 0.6) is 0 Å². The first-order valence-corrected chi connectivity index (χ1v) is 10.2. The van der Waals surface area contributed by atoms with Crippen LogP contribution in [0.15, 0.2) is 41.1 Å². The van der Waals surface area contributed by atoms with E-state index < -0.39 is 0 Å². The van der Waals surface area contributed by atoms with E-state index in [2.05, 4.69) is 48.0 Å². The van der Waals surface area contributed by atoms with Gasteiger partial charge in [0.15, 0.2) is 0 Å². The van der Waals surface area contributed by atoms with Crippen LogP contribution in [0.3, 0.4) is 0 Å². The molecule has 3 heteroatoms. The Morgan fingerprint density at radius 1 is 0.857 bits per heavy atom. The van der Waals surface area contributed by atoms with Crippen molar-refractivity contribution >= 4 is 34.0 Å². The smallest absolute Gasteiger partial charge is 0.0529 e. The Kier molecular flexibility index (Phi) is 5.28. The minimum absolute atomic E-state index is 1.24. The summed E-state index contributed by atoms with van der Waals surface area (Å²) in [6.45, 7) is 2.27. The Hall–Kier alpha value is -0.900. The molecule has 110 valence electrons. The van der Waals surface area contributed by atoms with Crippen LogP contribution in [0, 0.1) is 0 Å². The van der Waals surface area contributed by atoms with Crippen molar-refractivity contribution in [2.45, 2.75) is 39.0 Å². The van der Waals surface area contributed by atoms with Crippen LogP contribution in [0.25, 0.3) is 20.2 Å². The standard InChI is InChI=1S/C18H20S3/c1-2-3-4-5-7-14-9-10-17(21-14)18-15(11-13-20-18)16-8-6-12-19-16/h6,8-13H,2-5,7H2,1H3. The summed E-state index contributed by atoms with van der Waals surface area (Å²) in [6, 6.07) is 11.2. The molecular weight excluding hydrogens is 312 g/mol. The lowest BCUT2D eigenvalue weighted by Crippen LogP contribution is -1.80. The van der Waals surface area contributed by atoms with Gasteiger partial charge in [-0.3, -0.25) is 0 Å². The molecule has 0 bridgehead atoms. The van der Waals surface area contributed by atoms with Gasteiger partial charge in [-0.25, -0.2) is 0 Å². The Morgan fingerprint density at radius 3 is 2.62 bits per heavy atom. The second-order valence-corrected chi connectivity index (χ2v) is 8.25. The highest BCUT2D eigenvalue weighted by molar-refractivity contribution is 7.22. The Morgan fingerprint density at radius 2 is 1.81 bits per heavy atom. The molecule has 0 spiro atoms. The fourth-order valence-corrected chi connectivity index (χ4v) is 5.41. The topological polar surface area (TPSA) is 0 Å². The summed E-state index contributed by atoms with van der Waals surface area (Å²) >= 11 is 5.67. The summed E-state index contributed by atoms with van der Waals surface area (Å²) < 4.78 is 0. The molecular formula is C18H20S3. The number of rotatable bonds is 7. The van der Waals surface area contributed by atoms with Crippen molar-refractivity contribution in [1.82, 2.24) is 0 Å². The van der Waals surface area contributed by atoms with E-state index in [0.29, 0.717) is 0 Å². The predicted octanol–water partition coefficient (Wildman–Crippen LogP) is 7.33. The average Bonchev–Trinajstić information content (AvgIpc) is 3.22. The molecule has 0 atom stereocenters. The molecule has 0 saturated heterocycles. The highest BCUT2D eigenvalue weighted by atomic mass is 32.1. The molecule has 0 nitrogen and oxygen atoms in total. The van der Waals surface area contributed by atoms with Gasteiger partial charge in [0.25, 0.3) is 0 Å². The second kappa shape index (κ2) is 7.39. The summed E-state index contributed by atoms with van der Waals surface area (Å²) in [5.41, 5.74) is 1.40. The van der Waals surface area contributed by atoms with Crippen molar-refractivity contribution in [3.63, 3.8) is 0 Å². The first-order valence-electron chi connectivity index (χ1n) is 7.59. The molecule has 0 saturated carbocycles. The van der Waals surface area contributed by atoms with Crippen LogP contribution < -0.4 is 0 Å². The number of unbranched alkanes of at least 4 members (excludes halogenated alkanes) is 3. The first-order chi connectivity index (χ1) is 10.4. The van der Waals surface area contributed by atoms with E-state index >= 15 is 0 Å². The minimum Gasteiger partial charge on any atom is -0.144 e. The van der Waals surface area contributed by atoms with Crippen molar-refractivity contribution in [2.75, 3.05) is 0 Å². The van der Waals surface area contributed by atoms with Crippen LogP contribution in [-0.2, 0) is 6.42 Å². The maximum Gasteiger partial charge on any atom is 0.0529 e. The zero-order valence-electron chi connectivity index (χ0n) is 12.3. The zero-order valence-corrected chi connectivity index (χ0v) is 14.8. The number of aryl methyl sites for hydroxylation is 1. The lowest BCUT2D eigenvalue weighted by molar-refractivity contribution is 0.670. The SMILES string of the molecule is CCCCCCc1ccc(-c2sccc2-c2cccs2)s1. The van der Waals surface area contributed by atoms with Gasteiger partial charge in [-0.2, -0.15) is 0 Å². The third-order valence-corrected chi connectivity index (χ3v) is 6.76. The van der Waals surface area contributed by atoms with Gasteiger partial charge in [-0.05, 0) is 47.9 Å². The minimum atomic E-state index is 1.24. The van der Waals surface area contributed by atoms with Crippen molar-refractivity contribution in [3.8, 4) is 20.2 Å². The Labute approximate surface area is 139 Å².